The molecule has 0 saturated heterocycles. The number of hydrogen-bond donors (Lipinski definition) is 1. The van der Waals surface area contributed by atoms with Gasteiger partial charge in [-0.05, 0) is 32.0 Å². The zero-order valence-corrected chi connectivity index (χ0v) is 12.2. The van der Waals surface area contributed by atoms with Gasteiger partial charge >= 0.3 is 0 Å². The monoisotopic (exact) mass is 315 g/mol. The van der Waals surface area contributed by atoms with Crippen LogP contribution in [-0.4, -0.2) is 35.6 Å². The number of nitrogens with zero attached hydrogens (tertiary/aromatic N) is 1. The molecular formula is C13H18BrNO3. The van der Waals surface area contributed by atoms with E-state index >= 15 is 0 Å². The molecule has 1 aromatic carbocycles. The van der Waals surface area contributed by atoms with Gasteiger partial charge in [0.1, 0.15) is 5.75 Å². The van der Waals surface area contributed by atoms with Crippen LogP contribution in [0, 0.1) is 0 Å². The first-order valence-corrected chi connectivity index (χ1v) is 6.71. The average molecular weight is 316 g/mol. The van der Waals surface area contributed by atoms with Crippen LogP contribution in [-0.2, 0) is 11.4 Å². The lowest BCUT2D eigenvalue weighted by molar-refractivity contribution is -0.133. The fourth-order valence-electron chi connectivity index (χ4n) is 1.62. The molecule has 0 atom stereocenters. The first-order chi connectivity index (χ1) is 8.62. The van der Waals surface area contributed by atoms with E-state index in [1.54, 1.807) is 17.0 Å². The second-order valence-electron chi connectivity index (χ2n) is 3.76. The van der Waals surface area contributed by atoms with Crippen LogP contribution >= 0.6 is 15.9 Å². The Kier molecular flexibility index (Phi) is 6.15. The van der Waals surface area contributed by atoms with Crippen LogP contribution in [0.25, 0.3) is 0 Å². The summed E-state index contributed by atoms with van der Waals surface area (Å²) < 4.78 is 6.33. The van der Waals surface area contributed by atoms with Crippen molar-refractivity contribution < 1.29 is 14.6 Å². The molecule has 1 N–H and O–H groups in total. The van der Waals surface area contributed by atoms with Gasteiger partial charge in [0.15, 0.2) is 6.61 Å². The quantitative estimate of drug-likeness (QED) is 0.875. The number of carbonyl (C=O) groups is 1. The van der Waals surface area contributed by atoms with E-state index < -0.39 is 0 Å². The van der Waals surface area contributed by atoms with E-state index in [9.17, 15) is 9.90 Å². The normalized spacial score (nSPS) is 10.2. The SMILES string of the molecule is CCN(CC)C(=O)COc1ccc(Br)cc1CO. The molecule has 1 aromatic rings. The Balaban J connectivity index is 2.66. The highest BCUT2D eigenvalue weighted by Gasteiger charge is 2.11. The second kappa shape index (κ2) is 7.38. The molecule has 0 fully saturated rings. The number of likely N-dealkylation sites (N-methyl/N-ethyl adjacent to an activating group) is 1. The fraction of sp³-hybridized carbons (Fsp3) is 0.462. The number of aliphatic hydroxyl groups excluding tert-OH is 1. The summed E-state index contributed by atoms with van der Waals surface area (Å²) in [5.74, 6) is 0.494. The molecule has 0 radical (unpaired) electrons. The van der Waals surface area contributed by atoms with Crippen molar-refractivity contribution in [2.75, 3.05) is 19.7 Å². The molecule has 0 aliphatic carbocycles. The molecular weight excluding hydrogens is 298 g/mol. The number of ether oxygens (including phenoxy) is 1. The molecule has 0 aromatic heterocycles. The predicted molar refractivity (Wildman–Crippen MR) is 73.5 cm³/mol. The molecule has 1 amide bonds. The van der Waals surface area contributed by atoms with E-state index in [-0.39, 0.29) is 19.1 Å². The Bertz CT molecular complexity index is 405. The van der Waals surface area contributed by atoms with Crippen molar-refractivity contribution in [3.63, 3.8) is 0 Å². The Morgan fingerprint density at radius 1 is 1.39 bits per heavy atom. The van der Waals surface area contributed by atoms with Gasteiger partial charge in [0.2, 0.25) is 0 Å². The van der Waals surface area contributed by atoms with Gasteiger partial charge in [-0.15, -0.1) is 0 Å². The summed E-state index contributed by atoms with van der Waals surface area (Å²) in [6.07, 6.45) is 0. The molecule has 0 saturated carbocycles. The maximum atomic E-state index is 11.8. The van der Waals surface area contributed by atoms with E-state index in [1.165, 1.54) is 0 Å². The molecule has 0 spiro atoms. The zero-order chi connectivity index (χ0) is 13.5. The third-order valence-corrected chi connectivity index (χ3v) is 3.15. The minimum Gasteiger partial charge on any atom is -0.483 e. The lowest BCUT2D eigenvalue weighted by atomic mass is 10.2. The standard InChI is InChI=1S/C13H18BrNO3/c1-3-15(4-2)13(17)9-18-12-6-5-11(14)7-10(12)8-16/h5-7,16H,3-4,8-9H2,1-2H3. The predicted octanol–water partition coefficient (Wildman–Crippen LogP) is 2.19. The van der Waals surface area contributed by atoms with Crippen LogP contribution in [0.1, 0.15) is 19.4 Å². The van der Waals surface area contributed by atoms with E-state index in [4.69, 9.17) is 4.74 Å². The molecule has 0 heterocycles. The van der Waals surface area contributed by atoms with Crippen molar-refractivity contribution >= 4 is 21.8 Å². The first kappa shape index (κ1) is 15.0. The van der Waals surface area contributed by atoms with Gasteiger partial charge in [0, 0.05) is 23.1 Å². The minimum atomic E-state index is -0.117. The van der Waals surface area contributed by atoms with Gasteiger partial charge in [0.05, 0.1) is 6.61 Å². The maximum absolute atomic E-state index is 11.8. The van der Waals surface area contributed by atoms with E-state index in [0.29, 0.717) is 24.4 Å². The van der Waals surface area contributed by atoms with Gasteiger partial charge in [-0.3, -0.25) is 4.79 Å². The fourth-order valence-corrected chi connectivity index (χ4v) is 2.03. The highest BCUT2D eigenvalue weighted by Crippen LogP contribution is 2.23. The topological polar surface area (TPSA) is 49.8 Å². The smallest absolute Gasteiger partial charge is 0.260 e. The van der Waals surface area contributed by atoms with Crippen LogP contribution in [0.4, 0.5) is 0 Å². The molecule has 0 bridgehead atoms. The summed E-state index contributed by atoms with van der Waals surface area (Å²) in [7, 11) is 0. The minimum absolute atomic E-state index is 0.00366. The van der Waals surface area contributed by atoms with Crippen molar-refractivity contribution in [3.8, 4) is 5.75 Å². The summed E-state index contributed by atoms with van der Waals surface area (Å²) in [4.78, 5) is 13.5. The molecule has 0 aliphatic rings. The molecule has 4 nitrogen and oxygen atoms in total. The number of aliphatic hydroxyl groups is 1. The number of halogens is 1. The summed E-state index contributed by atoms with van der Waals surface area (Å²) in [6.45, 7) is 5.09. The third-order valence-electron chi connectivity index (χ3n) is 2.66. The molecule has 0 unspecified atom stereocenters. The number of hydrogen-bond acceptors (Lipinski definition) is 3. The first-order valence-electron chi connectivity index (χ1n) is 5.92. The van der Waals surface area contributed by atoms with Crippen LogP contribution in [0.2, 0.25) is 0 Å². The number of rotatable bonds is 6. The summed E-state index contributed by atoms with van der Waals surface area (Å²) in [6, 6.07) is 5.33. The summed E-state index contributed by atoms with van der Waals surface area (Å²) >= 11 is 3.32. The summed E-state index contributed by atoms with van der Waals surface area (Å²) in [5.41, 5.74) is 0.664. The molecule has 0 aliphatic heterocycles. The number of carbonyl (C=O) groups excluding carboxylic acids is 1. The van der Waals surface area contributed by atoms with Crippen molar-refractivity contribution in [2.45, 2.75) is 20.5 Å². The highest BCUT2D eigenvalue weighted by atomic mass is 79.9. The zero-order valence-electron chi connectivity index (χ0n) is 10.6. The van der Waals surface area contributed by atoms with Gasteiger partial charge in [0.25, 0.3) is 5.91 Å². The van der Waals surface area contributed by atoms with Crippen LogP contribution in [0.15, 0.2) is 22.7 Å². The molecule has 100 valence electrons. The lowest BCUT2D eigenvalue weighted by Gasteiger charge is -2.19. The van der Waals surface area contributed by atoms with Crippen LogP contribution < -0.4 is 4.74 Å². The van der Waals surface area contributed by atoms with E-state index in [0.717, 1.165) is 4.47 Å². The van der Waals surface area contributed by atoms with Crippen LogP contribution in [0.3, 0.4) is 0 Å². The van der Waals surface area contributed by atoms with Gasteiger partial charge in [-0.25, -0.2) is 0 Å². The Morgan fingerprint density at radius 3 is 2.61 bits per heavy atom. The Hall–Kier alpha value is -1.07. The molecule has 18 heavy (non-hydrogen) atoms. The largest absolute Gasteiger partial charge is 0.483 e. The molecule has 1 rings (SSSR count). The van der Waals surface area contributed by atoms with Crippen molar-refractivity contribution in [1.82, 2.24) is 4.90 Å². The lowest BCUT2D eigenvalue weighted by Crippen LogP contribution is -2.34. The molecule has 5 heteroatoms. The highest BCUT2D eigenvalue weighted by molar-refractivity contribution is 9.10. The second-order valence-corrected chi connectivity index (χ2v) is 4.68. The van der Waals surface area contributed by atoms with Crippen molar-refractivity contribution in [3.05, 3.63) is 28.2 Å². The van der Waals surface area contributed by atoms with Gasteiger partial charge < -0.3 is 14.7 Å². The van der Waals surface area contributed by atoms with Gasteiger partial charge in [-0.1, -0.05) is 15.9 Å². The van der Waals surface area contributed by atoms with Crippen molar-refractivity contribution in [1.29, 1.82) is 0 Å². The maximum Gasteiger partial charge on any atom is 0.260 e. The van der Waals surface area contributed by atoms with Gasteiger partial charge in [-0.2, -0.15) is 0 Å². The third kappa shape index (κ3) is 3.99. The number of amides is 1. The Labute approximate surface area is 116 Å². The summed E-state index contributed by atoms with van der Waals surface area (Å²) in [5, 5.41) is 9.21. The van der Waals surface area contributed by atoms with Crippen LogP contribution in [0.5, 0.6) is 5.75 Å². The van der Waals surface area contributed by atoms with Crippen molar-refractivity contribution in [2.24, 2.45) is 0 Å². The van der Waals surface area contributed by atoms with E-state index in [1.807, 2.05) is 19.9 Å². The average Bonchev–Trinajstić information content (AvgIpc) is 2.38. The Morgan fingerprint density at radius 2 is 2.06 bits per heavy atom. The number of benzene rings is 1. The van der Waals surface area contributed by atoms with E-state index in [2.05, 4.69) is 15.9 Å².